The monoisotopic (exact) mass is 225 g/mol. The van der Waals surface area contributed by atoms with Gasteiger partial charge in [0, 0.05) is 6.04 Å². The van der Waals surface area contributed by atoms with Crippen LogP contribution in [0, 0.1) is 5.92 Å². The van der Waals surface area contributed by atoms with Gasteiger partial charge < -0.3 is 4.74 Å². The Bertz CT molecular complexity index is 211. The van der Waals surface area contributed by atoms with Crippen LogP contribution in [0.15, 0.2) is 0 Å². The van der Waals surface area contributed by atoms with Gasteiger partial charge in [-0.25, -0.2) is 0 Å². The van der Waals surface area contributed by atoms with E-state index in [9.17, 15) is 0 Å². The van der Waals surface area contributed by atoms with Gasteiger partial charge in [0.1, 0.15) is 5.72 Å². The molecule has 0 spiro atoms. The van der Waals surface area contributed by atoms with Crippen LogP contribution in [0.3, 0.4) is 0 Å². The van der Waals surface area contributed by atoms with E-state index < -0.39 is 0 Å². The second-order valence-electron chi connectivity index (χ2n) is 5.60. The Morgan fingerprint density at radius 3 is 2.50 bits per heavy atom. The van der Waals surface area contributed by atoms with E-state index >= 15 is 0 Å². The van der Waals surface area contributed by atoms with E-state index in [0.29, 0.717) is 0 Å². The SMILES string of the molecule is CCCC1(CCC)NC2CCCCC2CO1. The van der Waals surface area contributed by atoms with Crippen LogP contribution in [0.4, 0.5) is 0 Å². The van der Waals surface area contributed by atoms with Gasteiger partial charge in [-0.3, -0.25) is 5.32 Å². The predicted octanol–water partition coefficient (Wildman–Crippen LogP) is 3.46. The van der Waals surface area contributed by atoms with E-state index in [1.165, 1.54) is 51.4 Å². The highest BCUT2D eigenvalue weighted by atomic mass is 16.5. The van der Waals surface area contributed by atoms with Crippen molar-refractivity contribution >= 4 is 0 Å². The standard InChI is InChI=1S/C14H27NO/c1-3-9-14(10-4-2)15-13-8-6-5-7-12(13)11-16-14/h12-13,15H,3-11H2,1-2H3. The molecule has 16 heavy (non-hydrogen) atoms. The Labute approximate surface area is 100 Å². The molecule has 0 aromatic carbocycles. The second-order valence-corrected chi connectivity index (χ2v) is 5.60. The lowest BCUT2D eigenvalue weighted by Crippen LogP contribution is -2.60. The molecular formula is C14H27NO. The van der Waals surface area contributed by atoms with E-state index in [1.54, 1.807) is 0 Å². The van der Waals surface area contributed by atoms with Crippen LogP contribution >= 0.6 is 0 Å². The molecule has 0 aromatic heterocycles. The number of hydrogen-bond acceptors (Lipinski definition) is 2. The van der Waals surface area contributed by atoms with Crippen molar-refractivity contribution < 1.29 is 4.74 Å². The molecule has 2 unspecified atom stereocenters. The largest absolute Gasteiger partial charge is 0.360 e. The third-order valence-electron chi connectivity index (χ3n) is 4.24. The zero-order chi connectivity index (χ0) is 11.4. The Hall–Kier alpha value is -0.0800. The number of hydrogen-bond donors (Lipinski definition) is 1. The fourth-order valence-corrected chi connectivity index (χ4v) is 3.46. The van der Waals surface area contributed by atoms with Gasteiger partial charge in [0.25, 0.3) is 0 Å². The highest BCUT2D eigenvalue weighted by Crippen LogP contribution is 2.34. The molecular weight excluding hydrogens is 198 g/mol. The highest BCUT2D eigenvalue weighted by molar-refractivity contribution is 4.92. The molecule has 1 saturated heterocycles. The predicted molar refractivity (Wildman–Crippen MR) is 67.4 cm³/mol. The summed E-state index contributed by atoms with van der Waals surface area (Å²) in [5.41, 5.74) is 0.0159. The maximum absolute atomic E-state index is 6.20. The van der Waals surface area contributed by atoms with Crippen LogP contribution in [-0.2, 0) is 4.74 Å². The zero-order valence-electron chi connectivity index (χ0n) is 10.9. The minimum absolute atomic E-state index is 0.0159. The Kier molecular flexibility index (Phi) is 4.26. The molecule has 94 valence electrons. The quantitative estimate of drug-likeness (QED) is 0.791. The third kappa shape index (κ3) is 2.60. The first-order valence-corrected chi connectivity index (χ1v) is 7.21. The number of ether oxygens (including phenoxy) is 1. The summed E-state index contributed by atoms with van der Waals surface area (Å²) in [6.07, 6.45) is 10.3. The van der Waals surface area contributed by atoms with Crippen molar-refractivity contribution in [3.63, 3.8) is 0 Å². The van der Waals surface area contributed by atoms with Gasteiger partial charge in [-0.15, -0.1) is 0 Å². The number of nitrogens with one attached hydrogen (secondary N) is 1. The van der Waals surface area contributed by atoms with Gasteiger partial charge in [0.2, 0.25) is 0 Å². The Morgan fingerprint density at radius 1 is 1.12 bits per heavy atom. The molecule has 1 aliphatic heterocycles. The van der Waals surface area contributed by atoms with Gasteiger partial charge >= 0.3 is 0 Å². The maximum atomic E-state index is 6.20. The van der Waals surface area contributed by atoms with E-state index in [-0.39, 0.29) is 5.72 Å². The van der Waals surface area contributed by atoms with Crippen LogP contribution < -0.4 is 5.32 Å². The van der Waals surface area contributed by atoms with Gasteiger partial charge in [-0.1, -0.05) is 39.5 Å². The van der Waals surface area contributed by atoms with Crippen molar-refractivity contribution in [1.29, 1.82) is 0 Å². The topological polar surface area (TPSA) is 21.3 Å². The fourth-order valence-electron chi connectivity index (χ4n) is 3.46. The first-order valence-electron chi connectivity index (χ1n) is 7.21. The molecule has 2 heteroatoms. The second kappa shape index (κ2) is 5.50. The molecule has 1 heterocycles. The van der Waals surface area contributed by atoms with Crippen molar-refractivity contribution in [2.75, 3.05) is 6.61 Å². The molecule has 2 nitrogen and oxygen atoms in total. The first-order chi connectivity index (χ1) is 7.79. The van der Waals surface area contributed by atoms with Crippen LogP contribution in [0.5, 0.6) is 0 Å². The average Bonchev–Trinajstić information content (AvgIpc) is 2.30. The fraction of sp³-hybridized carbons (Fsp3) is 1.00. The molecule has 0 bridgehead atoms. The molecule has 1 N–H and O–H groups in total. The van der Waals surface area contributed by atoms with Crippen LogP contribution in [-0.4, -0.2) is 18.4 Å². The summed E-state index contributed by atoms with van der Waals surface area (Å²) in [6, 6.07) is 0.737. The van der Waals surface area contributed by atoms with Crippen molar-refractivity contribution in [1.82, 2.24) is 5.32 Å². The van der Waals surface area contributed by atoms with Crippen molar-refractivity contribution in [2.45, 2.75) is 77.0 Å². The summed E-state index contributed by atoms with van der Waals surface area (Å²) in [5, 5.41) is 3.85. The van der Waals surface area contributed by atoms with Crippen LogP contribution in [0.2, 0.25) is 0 Å². The lowest BCUT2D eigenvalue weighted by molar-refractivity contribution is -0.149. The Morgan fingerprint density at radius 2 is 1.81 bits per heavy atom. The third-order valence-corrected chi connectivity index (χ3v) is 4.24. The van der Waals surface area contributed by atoms with Gasteiger partial charge in [-0.05, 0) is 31.6 Å². The molecule has 2 rings (SSSR count). The average molecular weight is 225 g/mol. The first kappa shape index (κ1) is 12.4. The minimum atomic E-state index is 0.0159. The van der Waals surface area contributed by atoms with E-state index in [4.69, 9.17) is 4.74 Å². The van der Waals surface area contributed by atoms with E-state index in [2.05, 4.69) is 19.2 Å². The Balaban J connectivity index is 1.99. The normalized spacial score (nSPS) is 33.4. The molecule has 2 fully saturated rings. The minimum Gasteiger partial charge on any atom is -0.360 e. The summed E-state index contributed by atoms with van der Waals surface area (Å²) in [4.78, 5) is 0. The highest BCUT2D eigenvalue weighted by Gasteiger charge is 2.40. The van der Waals surface area contributed by atoms with Gasteiger partial charge in [0.15, 0.2) is 0 Å². The molecule has 2 atom stereocenters. The van der Waals surface area contributed by atoms with Crippen LogP contribution in [0.25, 0.3) is 0 Å². The molecule has 1 aliphatic carbocycles. The maximum Gasteiger partial charge on any atom is 0.119 e. The molecule has 0 amide bonds. The van der Waals surface area contributed by atoms with Crippen LogP contribution in [0.1, 0.15) is 65.2 Å². The lowest BCUT2D eigenvalue weighted by Gasteiger charge is -2.48. The number of fused-ring (bicyclic) bond motifs is 1. The summed E-state index contributed by atoms with van der Waals surface area (Å²) in [6.45, 7) is 5.52. The number of rotatable bonds is 4. The molecule has 0 radical (unpaired) electrons. The summed E-state index contributed by atoms with van der Waals surface area (Å²) < 4.78 is 6.20. The van der Waals surface area contributed by atoms with Gasteiger partial charge in [0.05, 0.1) is 6.61 Å². The lowest BCUT2D eigenvalue weighted by atomic mass is 9.82. The van der Waals surface area contributed by atoms with E-state index in [1.807, 2.05) is 0 Å². The summed E-state index contributed by atoms with van der Waals surface area (Å²) in [7, 11) is 0. The molecule has 0 aromatic rings. The zero-order valence-corrected chi connectivity index (χ0v) is 10.9. The van der Waals surface area contributed by atoms with Crippen molar-refractivity contribution in [3.8, 4) is 0 Å². The summed E-state index contributed by atoms with van der Waals surface area (Å²) in [5.74, 6) is 0.788. The molecule has 1 saturated carbocycles. The smallest absolute Gasteiger partial charge is 0.119 e. The van der Waals surface area contributed by atoms with Crippen molar-refractivity contribution in [2.24, 2.45) is 5.92 Å². The van der Waals surface area contributed by atoms with Gasteiger partial charge in [-0.2, -0.15) is 0 Å². The molecule has 2 aliphatic rings. The summed E-state index contributed by atoms with van der Waals surface area (Å²) >= 11 is 0. The van der Waals surface area contributed by atoms with Crippen molar-refractivity contribution in [3.05, 3.63) is 0 Å². The van der Waals surface area contributed by atoms with E-state index in [0.717, 1.165) is 18.6 Å².